The average molecular weight is 395 g/mol. The number of amides is 2. The molecule has 0 bridgehead atoms. The molecule has 0 unspecified atom stereocenters. The average Bonchev–Trinajstić information content (AvgIpc) is 3.20. The quantitative estimate of drug-likeness (QED) is 0.586. The molecule has 0 aromatic heterocycles. The third kappa shape index (κ3) is 2.73. The summed E-state index contributed by atoms with van der Waals surface area (Å²) in [5, 5.41) is 11.4. The highest BCUT2D eigenvalue weighted by atomic mass is 16.5. The molecule has 2 fully saturated rings. The van der Waals surface area contributed by atoms with Crippen LogP contribution in [0.2, 0.25) is 0 Å². The predicted octanol–water partition coefficient (Wildman–Crippen LogP) is 0.700. The fraction of sp³-hybridized carbons (Fsp3) is 0.318. The molecular weight excluding hydrogens is 372 g/mol. The zero-order chi connectivity index (χ0) is 20.8. The number of carbonyl (C=O) groups excluding carboxylic acids is 3. The van der Waals surface area contributed by atoms with Gasteiger partial charge in [0.05, 0.1) is 6.61 Å². The lowest BCUT2D eigenvalue weighted by molar-refractivity contribution is -0.742. The summed E-state index contributed by atoms with van der Waals surface area (Å²) >= 11 is 0. The summed E-state index contributed by atoms with van der Waals surface area (Å²) in [6, 6.07) is 15.1. The maximum absolute atomic E-state index is 13.3. The lowest BCUT2D eigenvalue weighted by atomic mass is 9.75. The molecule has 4 rings (SSSR count). The molecule has 3 N–H and O–H groups in total. The lowest BCUT2D eigenvalue weighted by Crippen LogP contribution is -2.96. The molecule has 29 heavy (non-hydrogen) atoms. The van der Waals surface area contributed by atoms with Crippen molar-refractivity contribution in [2.75, 3.05) is 13.7 Å². The molecule has 4 atom stereocenters. The van der Waals surface area contributed by atoms with Crippen molar-refractivity contribution in [1.29, 1.82) is 0 Å². The normalized spacial score (nSPS) is 28.5. The van der Waals surface area contributed by atoms with Gasteiger partial charge in [-0.05, 0) is 31.2 Å². The number of hydrogen-bond donors (Lipinski definition) is 2. The van der Waals surface area contributed by atoms with E-state index in [0.29, 0.717) is 5.56 Å². The standard InChI is InChI=1S/C22H22N2O5/c1-3-29-21(28)22(14-7-5-4-6-8-14)17-16(19(26)24(2)20(17)27)18(23-22)13-9-11-15(25)12-10-13/h4-12,16-18,23,25H,3H2,1-2H3/p+1/t16-,17+,18-,22+/m0/s1. The van der Waals surface area contributed by atoms with E-state index in [-0.39, 0.29) is 24.2 Å². The lowest BCUT2D eigenvalue weighted by Gasteiger charge is -2.29. The van der Waals surface area contributed by atoms with Gasteiger partial charge in [-0.25, -0.2) is 4.79 Å². The number of ether oxygens (including phenoxy) is 1. The van der Waals surface area contributed by atoms with Crippen LogP contribution in [-0.4, -0.2) is 41.4 Å². The number of imide groups is 1. The van der Waals surface area contributed by atoms with Crippen LogP contribution in [0.5, 0.6) is 5.75 Å². The van der Waals surface area contributed by atoms with Crippen molar-refractivity contribution in [1.82, 2.24) is 4.90 Å². The Morgan fingerprint density at radius 2 is 1.76 bits per heavy atom. The number of nitrogens with two attached hydrogens (primary N) is 1. The Bertz CT molecular complexity index is 959. The second-order valence-corrected chi connectivity index (χ2v) is 7.48. The van der Waals surface area contributed by atoms with Gasteiger partial charge in [0.2, 0.25) is 17.4 Å². The van der Waals surface area contributed by atoms with E-state index < -0.39 is 29.4 Å². The zero-order valence-corrected chi connectivity index (χ0v) is 16.2. The molecule has 7 heteroatoms. The molecule has 0 spiro atoms. The van der Waals surface area contributed by atoms with E-state index in [0.717, 1.165) is 10.5 Å². The van der Waals surface area contributed by atoms with Crippen LogP contribution in [0.4, 0.5) is 0 Å². The highest BCUT2D eigenvalue weighted by Gasteiger charge is 2.72. The molecule has 0 saturated carbocycles. The summed E-state index contributed by atoms with van der Waals surface area (Å²) in [4.78, 5) is 40.6. The second kappa shape index (κ2) is 7.00. The number of quaternary nitrogens is 1. The Morgan fingerprint density at radius 1 is 1.10 bits per heavy atom. The van der Waals surface area contributed by atoms with E-state index in [9.17, 15) is 19.5 Å². The Kier molecular flexibility index (Phi) is 4.62. The van der Waals surface area contributed by atoms with Crippen molar-refractivity contribution in [3.63, 3.8) is 0 Å². The fourth-order valence-electron chi connectivity index (χ4n) is 4.72. The number of fused-ring (bicyclic) bond motifs is 1. The van der Waals surface area contributed by atoms with E-state index in [1.807, 2.05) is 6.07 Å². The van der Waals surface area contributed by atoms with E-state index >= 15 is 0 Å². The summed E-state index contributed by atoms with van der Waals surface area (Å²) in [5.41, 5.74) is 0.0321. The Balaban J connectivity index is 1.93. The van der Waals surface area contributed by atoms with E-state index in [4.69, 9.17) is 4.74 Å². The molecular formula is C22H23N2O5+. The SMILES string of the molecule is CCOC(=O)[C@]1(c2ccccc2)[NH2+][C@@H](c2ccc(O)cc2)[C@H]2C(=O)N(C)C(=O)[C@@H]21. The molecule has 2 aliphatic heterocycles. The summed E-state index contributed by atoms with van der Waals surface area (Å²) in [5.74, 6) is -2.69. The van der Waals surface area contributed by atoms with Crippen molar-refractivity contribution in [2.45, 2.75) is 18.5 Å². The molecule has 7 nitrogen and oxygen atoms in total. The third-order valence-corrected chi connectivity index (χ3v) is 6.03. The molecule has 2 heterocycles. The number of likely N-dealkylation sites (tertiary alicyclic amines) is 1. The monoisotopic (exact) mass is 395 g/mol. The first-order valence-electron chi connectivity index (χ1n) is 9.61. The smallest absolute Gasteiger partial charge is 0.373 e. The fourth-order valence-corrected chi connectivity index (χ4v) is 4.72. The Labute approximate surface area is 168 Å². The van der Waals surface area contributed by atoms with Gasteiger partial charge < -0.3 is 15.2 Å². The summed E-state index contributed by atoms with van der Waals surface area (Å²) in [6.07, 6.45) is 0. The van der Waals surface area contributed by atoms with Crippen LogP contribution in [0, 0.1) is 11.8 Å². The minimum atomic E-state index is -1.36. The Morgan fingerprint density at radius 3 is 2.38 bits per heavy atom. The van der Waals surface area contributed by atoms with Gasteiger partial charge in [-0.2, -0.15) is 0 Å². The first-order valence-corrected chi connectivity index (χ1v) is 9.61. The minimum Gasteiger partial charge on any atom is -0.508 e. The largest absolute Gasteiger partial charge is 0.508 e. The van der Waals surface area contributed by atoms with Crippen molar-refractivity contribution in [3.05, 3.63) is 65.7 Å². The van der Waals surface area contributed by atoms with Crippen molar-refractivity contribution >= 4 is 17.8 Å². The van der Waals surface area contributed by atoms with Gasteiger partial charge in [0, 0.05) is 18.2 Å². The van der Waals surface area contributed by atoms with Crippen LogP contribution in [0.1, 0.15) is 24.1 Å². The van der Waals surface area contributed by atoms with Crippen molar-refractivity contribution < 1.29 is 29.5 Å². The number of nitrogens with zero attached hydrogens (tertiary/aromatic N) is 1. The van der Waals surface area contributed by atoms with Crippen molar-refractivity contribution in [2.24, 2.45) is 11.8 Å². The van der Waals surface area contributed by atoms with Crippen LogP contribution in [0.25, 0.3) is 0 Å². The third-order valence-electron chi connectivity index (χ3n) is 6.03. The molecule has 2 saturated heterocycles. The number of hydrogen-bond acceptors (Lipinski definition) is 5. The zero-order valence-electron chi connectivity index (χ0n) is 16.2. The van der Waals surface area contributed by atoms with Gasteiger partial charge in [0.25, 0.3) is 0 Å². The topological polar surface area (TPSA) is 101 Å². The highest BCUT2D eigenvalue weighted by molar-refractivity contribution is 6.08. The number of benzene rings is 2. The number of carbonyl (C=O) groups is 3. The van der Waals surface area contributed by atoms with Gasteiger partial charge in [0.15, 0.2) is 0 Å². The van der Waals surface area contributed by atoms with Crippen LogP contribution in [0.3, 0.4) is 0 Å². The summed E-state index contributed by atoms with van der Waals surface area (Å²) in [6.45, 7) is 1.88. The van der Waals surface area contributed by atoms with Gasteiger partial charge >= 0.3 is 5.97 Å². The molecule has 2 aromatic rings. The van der Waals surface area contributed by atoms with Crippen molar-refractivity contribution in [3.8, 4) is 5.75 Å². The van der Waals surface area contributed by atoms with Gasteiger partial charge in [-0.1, -0.05) is 30.3 Å². The highest BCUT2D eigenvalue weighted by Crippen LogP contribution is 2.48. The molecule has 2 aliphatic rings. The van der Waals surface area contributed by atoms with Gasteiger partial charge in [0.1, 0.15) is 23.6 Å². The number of rotatable bonds is 4. The molecule has 0 radical (unpaired) electrons. The second-order valence-electron chi connectivity index (χ2n) is 7.48. The molecule has 150 valence electrons. The predicted molar refractivity (Wildman–Crippen MR) is 102 cm³/mol. The number of phenols is 1. The maximum atomic E-state index is 13.3. The Hall–Kier alpha value is -3.19. The number of esters is 1. The van der Waals surface area contributed by atoms with Crippen LogP contribution in [-0.2, 0) is 24.7 Å². The van der Waals surface area contributed by atoms with Crippen LogP contribution in [0.15, 0.2) is 54.6 Å². The molecule has 2 amide bonds. The summed E-state index contributed by atoms with van der Waals surface area (Å²) in [7, 11) is 1.46. The van der Waals surface area contributed by atoms with E-state index in [1.54, 1.807) is 48.6 Å². The van der Waals surface area contributed by atoms with Gasteiger partial charge in [-0.15, -0.1) is 0 Å². The van der Waals surface area contributed by atoms with E-state index in [2.05, 4.69) is 0 Å². The maximum Gasteiger partial charge on any atom is 0.373 e. The van der Waals surface area contributed by atoms with Crippen LogP contribution < -0.4 is 5.32 Å². The summed E-state index contributed by atoms with van der Waals surface area (Å²) < 4.78 is 5.42. The number of aromatic hydroxyl groups is 1. The first kappa shape index (κ1) is 19.1. The molecule has 0 aliphatic carbocycles. The van der Waals surface area contributed by atoms with Gasteiger partial charge in [-0.3, -0.25) is 14.5 Å². The minimum absolute atomic E-state index is 0.106. The number of phenolic OH excluding ortho intramolecular Hbond substituents is 1. The first-order chi connectivity index (χ1) is 13.9. The molecule has 2 aromatic carbocycles. The van der Waals surface area contributed by atoms with Crippen LogP contribution >= 0.6 is 0 Å². The van der Waals surface area contributed by atoms with E-state index in [1.165, 1.54) is 19.2 Å².